The Bertz CT molecular complexity index is 700. The van der Waals surface area contributed by atoms with Crippen LogP contribution in [0.15, 0.2) is 18.2 Å². The highest BCUT2D eigenvalue weighted by atomic mass is 16.2. The molecule has 1 saturated heterocycles. The number of nitrogens with zero attached hydrogens (tertiary/aromatic N) is 2. The molecule has 5 nitrogen and oxygen atoms in total. The molecule has 0 atom stereocenters. The van der Waals surface area contributed by atoms with E-state index in [1.54, 1.807) is 0 Å². The van der Waals surface area contributed by atoms with Gasteiger partial charge in [-0.2, -0.15) is 0 Å². The zero-order valence-electron chi connectivity index (χ0n) is 17.8. The van der Waals surface area contributed by atoms with Crippen molar-refractivity contribution >= 4 is 17.5 Å². The van der Waals surface area contributed by atoms with Crippen LogP contribution in [0.5, 0.6) is 0 Å². The third-order valence-electron chi connectivity index (χ3n) is 6.46. The van der Waals surface area contributed by atoms with E-state index < -0.39 is 0 Å². The molecule has 1 aliphatic heterocycles. The molecule has 0 bridgehead atoms. The van der Waals surface area contributed by atoms with Crippen LogP contribution in [0.2, 0.25) is 0 Å². The summed E-state index contributed by atoms with van der Waals surface area (Å²) in [5.74, 6) is 0.582. The van der Waals surface area contributed by atoms with Crippen LogP contribution in [0.4, 0.5) is 5.69 Å². The quantitative estimate of drug-likeness (QED) is 0.865. The van der Waals surface area contributed by atoms with Crippen molar-refractivity contribution in [3.63, 3.8) is 0 Å². The highest BCUT2D eigenvalue weighted by molar-refractivity contribution is 5.80. The number of aryl methyl sites for hydroxylation is 1. The fourth-order valence-electron chi connectivity index (χ4n) is 4.36. The summed E-state index contributed by atoms with van der Waals surface area (Å²) in [6, 6.07) is 6.69. The van der Waals surface area contributed by atoms with Crippen molar-refractivity contribution in [1.29, 1.82) is 0 Å². The first-order valence-electron chi connectivity index (χ1n) is 10.8. The Morgan fingerprint density at radius 3 is 2.25 bits per heavy atom. The number of carbonyl (C=O) groups excluding carboxylic acids is 2. The Labute approximate surface area is 169 Å². The minimum atomic E-state index is 0.0210. The van der Waals surface area contributed by atoms with Gasteiger partial charge < -0.3 is 15.1 Å². The maximum absolute atomic E-state index is 13.0. The highest BCUT2D eigenvalue weighted by Crippen LogP contribution is 2.28. The van der Waals surface area contributed by atoms with E-state index in [0.29, 0.717) is 5.91 Å². The van der Waals surface area contributed by atoms with Gasteiger partial charge >= 0.3 is 0 Å². The second kappa shape index (κ2) is 8.97. The van der Waals surface area contributed by atoms with E-state index in [2.05, 4.69) is 47.2 Å². The van der Waals surface area contributed by atoms with E-state index in [4.69, 9.17) is 0 Å². The minimum Gasteiger partial charge on any atom is -0.368 e. The van der Waals surface area contributed by atoms with Crippen LogP contribution >= 0.6 is 0 Å². The number of rotatable bonds is 4. The molecular formula is C23H35N3O2. The molecule has 3 rings (SSSR count). The van der Waals surface area contributed by atoms with Gasteiger partial charge in [0.25, 0.3) is 0 Å². The number of piperazine rings is 1. The summed E-state index contributed by atoms with van der Waals surface area (Å²) in [5.41, 5.74) is 3.95. The second-order valence-electron chi connectivity index (χ2n) is 8.74. The van der Waals surface area contributed by atoms with Gasteiger partial charge in [0.2, 0.25) is 11.8 Å². The predicted octanol–water partition coefficient (Wildman–Crippen LogP) is 3.28. The average Bonchev–Trinajstić information content (AvgIpc) is 2.70. The molecule has 154 valence electrons. The van der Waals surface area contributed by atoms with Gasteiger partial charge in [-0.05, 0) is 56.7 Å². The Morgan fingerprint density at radius 1 is 1.00 bits per heavy atom. The van der Waals surface area contributed by atoms with E-state index in [1.165, 1.54) is 16.8 Å². The molecule has 0 radical (unpaired) electrons. The molecule has 1 aromatic rings. The van der Waals surface area contributed by atoms with E-state index >= 15 is 0 Å². The number of benzene rings is 1. The van der Waals surface area contributed by atoms with Gasteiger partial charge in [-0.3, -0.25) is 9.59 Å². The molecule has 0 unspecified atom stereocenters. The Hall–Kier alpha value is -2.04. The van der Waals surface area contributed by atoms with Crippen LogP contribution in [0.1, 0.15) is 50.7 Å². The fourth-order valence-corrected chi connectivity index (χ4v) is 4.36. The molecule has 1 aromatic carbocycles. The highest BCUT2D eigenvalue weighted by Gasteiger charge is 2.32. The molecule has 1 aliphatic carbocycles. The summed E-state index contributed by atoms with van der Waals surface area (Å²) in [4.78, 5) is 29.3. The summed E-state index contributed by atoms with van der Waals surface area (Å²) in [5, 5.41) is 3.12. The number of carbonyl (C=O) groups is 2. The monoisotopic (exact) mass is 385 g/mol. The van der Waals surface area contributed by atoms with E-state index in [1.807, 2.05) is 13.8 Å². The lowest BCUT2D eigenvalue weighted by atomic mass is 9.85. The van der Waals surface area contributed by atoms with Crippen molar-refractivity contribution in [1.82, 2.24) is 10.2 Å². The van der Waals surface area contributed by atoms with Crippen molar-refractivity contribution in [3.05, 3.63) is 29.3 Å². The lowest BCUT2D eigenvalue weighted by Gasteiger charge is -2.39. The molecule has 1 saturated carbocycles. The lowest BCUT2D eigenvalue weighted by molar-refractivity contribution is -0.137. The van der Waals surface area contributed by atoms with Gasteiger partial charge in [0.1, 0.15) is 0 Å². The standard InChI is InChI=1S/C23H35N3O2/c1-16(2)22(27)24-20-10-8-19(9-11-20)23(28)26-14-12-25(13-15-26)21-7-5-6-17(3)18(21)4/h5-7,16,19-20H,8-15H2,1-4H3,(H,24,27). The average molecular weight is 386 g/mol. The van der Waals surface area contributed by atoms with Crippen molar-refractivity contribution in [2.45, 2.75) is 59.4 Å². The van der Waals surface area contributed by atoms with Gasteiger partial charge in [0, 0.05) is 49.7 Å². The van der Waals surface area contributed by atoms with Crippen molar-refractivity contribution < 1.29 is 9.59 Å². The number of hydrogen-bond donors (Lipinski definition) is 1. The molecule has 0 spiro atoms. The molecule has 1 heterocycles. The van der Waals surface area contributed by atoms with Crippen LogP contribution in [0, 0.1) is 25.7 Å². The zero-order valence-corrected chi connectivity index (χ0v) is 17.8. The van der Waals surface area contributed by atoms with Gasteiger partial charge in [-0.15, -0.1) is 0 Å². The Morgan fingerprint density at radius 2 is 1.64 bits per heavy atom. The molecular weight excluding hydrogens is 350 g/mol. The van der Waals surface area contributed by atoms with Crippen LogP contribution in [-0.2, 0) is 9.59 Å². The third kappa shape index (κ3) is 4.68. The molecule has 5 heteroatoms. The fraction of sp³-hybridized carbons (Fsp3) is 0.652. The summed E-state index contributed by atoms with van der Waals surface area (Å²) in [6.07, 6.45) is 3.60. The lowest BCUT2D eigenvalue weighted by Crippen LogP contribution is -2.51. The number of hydrogen-bond acceptors (Lipinski definition) is 3. The van der Waals surface area contributed by atoms with Crippen LogP contribution < -0.4 is 10.2 Å². The SMILES string of the molecule is Cc1cccc(N2CCN(C(=O)C3CCC(NC(=O)C(C)C)CC3)CC2)c1C. The Balaban J connectivity index is 1.48. The van der Waals surface area contributed by atoms with E-state index in [-0.39, 0.29) is 23.8 Å². The minimum absolute atomic E-state index is 0.0210. The van der Waals surface area contributed by atoms with Gasteiger partial charge in [0.05, 0.1) is 0 Å². The number of nitrogens with one attached hydrogen (secondary N) is 1. The smallest absolute Gasteiger partial charge is 0.225 e. The molecule has 1 N–H and O–H groups in total. The van der Waals surface area contributed by atoms with Crippen molar-refractivity contribution in [2.75, 3.05) is 31.1 Å². The largest absolute Gasteiger partial charge is 0.368 e. The summed E-state index contributed by atoms with van der Waals surface area (Å²) in [7, 11) is 0. The van der Waals surface area contributed by atoms with E-state index in [0.717, 1.165) is 51.9 Å². The van der Waals surface area contributed by atoms with Gasteiger partial charge in [-0.1, -0.05) is 26.0 Å². The normalized spacial score (nSPS) is 23.0. The molecule has 28 heavy (non-hydrogen) atoms. The topological polar surface area (TPSA) is 52.6 Å². The van der Waals surface area contributed by atoms with Crippen LogP contribution in [-0.4, -0.2) is 48.9 Å². The first-order chi connectivity index (χ1) is 13.4. The predicted molar refractivity (Wildman–Crippen MR) is 113 cm³/mol. The zero-order chi connectivity index (χ0) is 20.3. The first-order valence-corrected chi connectivity index (χ1v) is 10.8. The summed E-state index contributed by atoms with van der Waals surface area (Å²) < 4.78 is 0. The van der Waals surface area contributed by atoms with Crippen LogP contribution in [0.25, 0.3) is 0 Å². The van der Waals surface area contributed by atoms with Gasteiger partial charge in [-0.25, -0.2) is 0 Å². The summed E-state index contributed by atoms with van der Waals surface area (Å²) >= 11 is 0. The van der Waals surface area contributed by atoms with Crippen molar-refractivity contribution in [3.8, 4) is 0 Å². The number of anilines is 1. The summed E-state index contributed by atoms with van der Waals surface area (Å²) in [6.45, 7) is 11.6. The molecule has 2 aliphatic rings. The second-order valence-corrected chi connectivity index (χ2v) is 8.74. The first kappa shape index (κ1) is 20.7. The maximum atomic E-state index is 13.0. The van der Waals surface area contributed by atoms with Gasteiger partial charge in [0.15, 0.2) is 0 Å². The molecule has 0 aromatic heterocycles. The van der Waals surface area contributed by atoms with Crippen LogP contribution in [0.3, 0.4) is 0 Å². The third-order valence-corrected chi connectivity index (χ3v) is 6.46. The molecule has 2 fully saturated rings. The maximum Gasteiger partial charge on any atom is 0.225 e. The Kier molecular flexibility index (Phi) is 6.63. The van der Waals surface area contributed by atoms with E-state index in [9.17, 15) is 9.59 Å². The number of amides is 2. The molecule has 2 amide bonds. The van der Waals surface area contributed by atoms with Crippen molar-refractivity contribution in [2.24, 2.45) is 11.8 Å².